The topological polar surface area (TPSA) is 46.5 Å². The predicted octanol–water partition coefficient (Wildman–Crippen LogP) is 4.37. The SMILES string of the molecule is CC1CC1c1ccc(C(O)c2cc3cc(F)ccc3o2)o1. The van der Waals surface area contributed by atoms with Gasteiger partial charge in [0.25, 0.3) is 0 Å². The standard InChI is InChI=1S/C17H15FO3/c1-9-6-12(9)14-4-5-15(21-14)17(19)16-8-10-7-11(18)2-3-13(10)20-16/h2-5,7-9,12,17,19H,6H2,1H3. The quantitative estimate of drug-likeness (QED) is 0.777. The third kappa shape index (κ3) is 2.16. The molecule has 3 aromatic rings. The highest BCUT2D eigenvalue weighted by Crippen LogP contribution is 2.47. The molecule has 1 aliphatic carbocycles. The number of benzene rings is 1. The molecule has 2 aromatic heterocycles. The average Bonchev–Trinajstić information content (AvgIpc) is 2.93. The van der Waals surface area contributed by atoms with E-state index >= 15 is 0 Å². The van der Waals surface area contributed by atoms with Gasteiger partial charge >= 0.3 is 0 Å². The zero-order valence-electron chi connectivity index (χ0n) is 11.5. The average molecular weight is 286 g/mol. The number of halogens is 1. The molecule has 3 atom stereocenters. The summed E-state index contributed by atoms with van der Waals surface area (Å²) in [6.45, 7) is 2.18. The maximum absolute atomic E-state index is 13.2. The summed E-state index contributed by atoms with van der Waals surface area (Å²) in [7, 11) is 0. The van der Waals surface area contributed by atoms with Crippen LogP contribution < -0.4 is 0 Å². The Morgan fingerprint density at radius 3 is 2.71 bits per heavy atom. The van der Waals surface area contributed by atoms with Crippen LogP contribution in [0.3, 0.4) is 0 Å². The Hall–Kier alpha value is -2.07. The lowest BCUT2D eigenvalue weighted by molar-refractivity contribution is 0.162. The second-order valence-electron chi connectivity index (χ2n) is 5.79. The molecule has 0 radical (unpaired) electrons. The fourth-order valence-electron chi connectivity index (χ4n) is 2.74. The molecular formula is C17H15FO3. The second-order valence-corrected chi connectivity index (χ2v) is 5.79. The van der Waals surface area contributed by atoms with E-state index in [1.807, 2.05) is 6.07 Å². The number of furan rings is 2. The zero-order valence-corrected chi connectivity index (χ0v) is 11.5. The molecule has 1 aromatic carbocycles. The van der Waals surface area contributed by atoms with Gasteiger partial charge in [0.15, 0.2) is 6.10 Å². The molecule has 0 aliphatic heterocycles. The van der Waals surface area contributed by atoms with Crippen molar-refractivity contribution in [2.45, 2.75) is 25.4 Å². The van der Waals surface area contributed by atoms with Crippen molar-refractivity contribution in [3.05, 3.63) is 59.5 Å². The van der Waals surface area contributed by atoms with Crippen LogP contribution in [-0.4, -0.2) is 5.11 Å². The van der Waals surface area contributed by atoms with Crippen molar-refractivity contribution in [3.63, 3.8) is 0 Å². The van der Waals surface area contributed by atoms with E-state index in [0.29, 0.717) is 34.3 Å². The molecule has 4 rings (SSSR count). The zero-order chi connectivity index (χ0) is 14.6. The normalized spacial score (nSPS) is 22.6. The Morgan fingerprint density at radius 2 is 1.95 bits per heavy atom. The van der Waals surface area contributed by atoms with Crippen LogP contribution in [0, 0.1) is 11.7 Å². The van der Waals surface area contributed by atoms with Gasteiger partial charge < -0.3 is 13.9 Å². The molecule has 21 heavy (non-hydrogen) atoms. The largest absolute Gasteiger partial charge is 0.463 e. The first-order valence-corrected chi connectivity index (χ1v) is 7.08. The number of fused-ring (bicyclic) bond motifs is 1. The van der Waals surface area contributed by atoms with E-state index in [-0.39, 0.29) is 5.82 Å². The Morgan fingerprint density at radius 1 is 1.14 bits per heavy atom. The molecule has 0 saturated heterocycles. The third-order valence-electron chi connectivity index (χ3n) is 4.16. The van der Waals surface area contributed by atoms with Crippen molar-refractivity contribution >= 4 is 11.0 Å². The van der Waals surface area contributed by atoms with Gasteiger partial charge in [-0.25, -0.2) is 4.39 Å². The molecule has 1 N–H and O–H groups in total. The van der Waals surface area contributed by atoms with Crippen molar-refractivity contribution in [2.75, 3.05) is 0 Å². The van der Waals surface area contributed by atoms with Gasteiger partial charge in [-0.3, -0.25) is 0 Å². The molecule has 2 heterocycles. The third-order valence-corrected chi connectivity index (χ3v) is 4.16. The van der Waals surface area contributed by atoms with Crippen LogP contribution >= 0.6 is 0 Å². The Labute approximate surface area is 121 Å². The Bertz CT molecular complexity index is 801. The van der Waals surface area contributed by atoms with Gasteiger partial charge in [-0.1, -0.05) is 6.92 Å². The fourth-order valence-corrected chi connectivity index (χ4v) is 2.74. The van der Waals surface area contributed by atoms with E-state index in [4.69, 9.17) is 8.83 Å². The van der Waals surface area contributed by atoms with Crippen molar-refractivity contribution < 1.29 is 18.3 Å². The fraction of sp³-hybridized carbons (Fsp3) is 0.294. The highest BCUT2D eigenvalue weighted by molar-refractivity contribution is 5.78. The summed E-state index contributed by atoms with van der Waals surface area (Å²) in [5.74, 6) is 2.53. The van der Waals surface area contributed by atoms with Crippen LogP contribution in [0.15, 0.2) is 45.2 Å². The first-order valence-electron chi connectivity index (χ1n) is 7.08. The molecule has 0 amide bonds. The van der Waals surface area contributed by atoms with Crippen LogP contribution in [-0.2, 0) is 0 Å². The van der Waals surface area contributed by atoms with Crippen molar-refractivity contribution in [3.8, 4) is 0 Å². The van der Waals surface area contributed by atoms with Gasteiger partial charge in [-0.2, -0.15) is 0 Å². The number of aliphatic hydroxyl groups excluding tert-OH is 1. The summed E-state index contributed by atoms with van der Waals surface area (Å²) in [6.07, 6.45) is 0.163. The van der Waals surface area contributed by atoms with Crippen molar-refractivity contribution in [1.82, 2.24) is 0 Å². The highest BCUT2D eigenvalue weighted by atomic mass is 19.1. The first kappa shape index (κ1) is 12.7. The maximum atomic E-state index is 13.2. The molecule has 1 fully saturated rings. The van der Waals surface area contributed by atoms with E-state index in [1.54, 1.807) is 18.2 Å². The van der Waals surface area contributed by atoms with E-state index < -0.39 is 6.10 Å². The first-order chi connectivity index (χ1) is 10.1. The molecule has 3 unspecified atom stereocenters. The Balaban J connectivity index is 1.65. The summed E-state index contributed by atoms with van der Waals surface area (Å²) >= 11 is 0. The van der Waals surface area contributed by atoms with Crippen molar-refractivity contribution in [1.29, 1.82) is 0 Å². The molecule has 0 bridgehead atoms. The maximum Gasteiger partial charge on any atom is 0.169 e. The van der Waals surface area contributed by atoms with Gasteiger partial charge in [0.1, 0.15) is 28.7 Å². The molecular weight excluding hydrogens is 271 g/mol. The summed E-state index contributed by atoms with van der Waals surface area (Å²) in [5, 5.41) is 11.0. The summed E-state index contributed by atoms with van der Waals surface area (Å²) in [5.41, 5.74) is 0.549. The van der Waals surface area contributed by atoms with Gasteiger partial charge in [0, 0.05) is 11.3 Å². The number of rotatable bonds is 3. The lowest BCUT2D eigenvalue weighted by Gasteiger charge is -2.03. The molecule has 108 valence electrons. The molecule has 4 heteroatoms. The summed E-state index contributed by atoms with van der Waals surface area (Å²) in [6, 6.07) is 9.61. The van der Waals surface area contributed by atoms with Crippen LogP contribution in [0.1, 0.15) is 42.6 Å². The van der Waals surface area contributed by atoms with E-state index in [1.165, 1.54) is 12.1 Å². The second kappa shape index (κ2) is 4.46. The molecule has 1 saturated carbocycles. The highest BCUT2D eigenvalue weighted by Gasteiger charge is 2.37. The molecule has 3 nitrogen and oxygen atoms in total. The van der Waals surface area contributed by atoms with Crippen LogP contribution in [0.25, 0.3) is 11.0 Å². The monoisotopic (exact) mass is 286 g/mol. The number of hydrogen-bond donors (Lipinski definition) is 1. The van der Waals surface area contributed by atoms with Gasteiger partial charge in [0.2, 0.25) is 0 Å². The minimum absolute atomic E-state index is 0.327. The van der Waals surface area contributed by atoms with Gasteiger partial charge in [-0.15, -0.1) is 0 Å². The van der Waals surface area contributed by atoms with Crippen molar-refractivity contribution in [2.24, 2.45) is 5.92 Å². The van der Waals surface area contributed by atoms with Gasteiger partial charge in [-0.05, 0) is 48.7 Å². The molecule has 0 spiro atoms. The summed E-state index contributed by atoms with van der Waals surface area (Å²) < 4.78 is 24.5. The van der Waals surface area contributed by atoms with Gasteiger partial charge in [0.05, 0.1) is 0 Å². The van der Waals surface area contributed by atoms with E-state index in [0.717, 1.165) is 12.2 Å². The lowest BCUT2D eigenvalue weighted by Crippen LogP contribution is -1.95. The number of aliphatic hydroxyl groups is 1. The summed E-state index contributed by atoms with van der Waals surface area (Å²) in [4.78, 5) is 0. The van der Waals surface area contributed by atoms with Crippen LogP contribution in [0.2, 0.25) is 0 Å². The van der Waals surface area contributed by atoms with E-state index in [9.17, 15) is 9.50 Å². The smallest absolute Gasteiger partial charge is 0.169 e. The Kier molecular flexibility index (Phi) is 2.69. The molecule has 1 aliphatic rings. The lowest BCUT2D eigenvalue weighted by atomic mass is 10.2. The minimum Gasteiger partial charge on any atom is -0.463 e. The van der Waals surface area contributed by atoms with Crippen LogP contribution in [0.4, 0.5) is 4.39 Å². The predicted molar refractivity (Wildman–Crippen MR) is 75.5 cm³/mol. The number of hydrogen-bond acceptors (Lipinski definition) is 3. The van der Waals surface area contributed by atoms with Crippen LogP contribution in [0.5, 0.6) is 0 Å². The minimum atomic E-state index is -0.969. The van der Waals surface area contributed by atoms with E-state index in [2.05, 4.69) is 6.92 Å².